The zero-order valence-electron chi connectivity index (χ0n) is 17.9. The quantitative estimate of drug-likeness (QED) is 0.403. The van der Waals surface area contributed by atoms with E-state index in [9.17, 15) is 26.4 Å². The number of pyridine rings is 1. The molecule has 1 fully saturated rings. The molecule has 3 aromatic rings. The summed E-state index contributed by atoms with van der Waals surface area (Å²) in [5.41, 5.74) is -3.54. The number of hydrogen-bond acceptors (Lipinski definition) is 6. The van der Waals surface area contributed by atoms with Crippen LogP contribution in [0.3, 0.4) is 0 Å². The van der Waals surface area contributed by atoms with Crippen molar-refractivity contribution in [2.75, 3.05) is 6.61 Å². The first-order valence-corrected chi connectivity index (χ1v) is 11.7. The summed E-state index contributed by atoms with van der Waals surface area (Å²) in [6, 6.07) is 6.36. The fourth-order valence-corrected chi connectivity index (χ4v) is 4.15. The molecule has 0 bridgehead atoms. The van der Waals surface area contributed by atoms with Crippen LogP contribution in [0.25, 0.3) is 11.0 Å². The fourth-order valence-electron chi connectivity index (χ4n) is 3.69. The molecule has 1 atom stereocenters. The first-order chi connectivity index (χ1) is 15.5. The first kappa shape index (κ1) is 23.3. The maximum absolute atomic E-state index is 12.9. The van der Waals surface area contributed by atoms with Gasteiger partial charge in [0, 0.05) is 12.7 Å². The SMILES string of the molecule is Cc1ccc(Cn2c(=O)cc(OS(=O)(=O)C(F)(F)F)c3nn(C4CCCCO4)cc32)cc1C. The van der Waals surface area contributed by atoms with Gasteiger partial charge in [-0.2, -0.15) is 26.7 Å². The molecule has 33 heavy (non-hydrogen) atoms. The highest BCUT2D eigenvalue weighted by atomic mass is 32.2. The minimum absolute atomic E-state index is 0.111. The predicted octanol–water partition coefficient (Wildman–Crippen LogP) is 3.79. The summed E-state index contributed by atoms with van der Waals surface area (Å²) in [7, 11) is -5.99. The molecule has 2 aromatic heterocycles. The van der Waals surface area contributed by atoms with Gasteiger partial charge in [0.2, 0.25) is 0 Å². The van der Waals surface area contributed by atoms with Crippen LogP contribution in [0.2, 0.25) is 0 Å². The molecule has 0 saturated carbocycles. The van der Waals surface area contributed by atoms with Crippen LogP contribution in [0, 0.1) is 13.8 Å². The number of hydrogen-bond donors (Lipinski definition) is 0. The molecule has 4 rings (SSSR count). The second-order valence-electron chi connectivity index (χ2n) is 8.00. The van der Waals surface area contributed by atoms with Crippen LogP contribution in [-0.2, 0) is 21.4 Å². The van der Waals surface area contributed by atoms with Crippen LogP contribution in [-0.4, -0.2) is 34.9 Å². The van der Waals surface area contributed by atoms with Gasteiger partial charge in [-0.25, -0.2) is 4.68 Å². The largest absolute Gasteiger partial charge is 0.534 e. The van der Waals surface area contributed by atoms with Gasteiger partial charge in [-0.05, 0) is 49.8 Å². The van der Waals surface area contributed by atoms with Crippen molar-refractivity contribution in [3.8, 4) is 5.75 Å². The van der Waals surface area contributed by atoms with Crippen LogP contribution in [0.15, 0.2) is 35.3 Å². The van der Waals surface area contributed by atoms with Crippen molar-refractivity contribution in [2.24, 2.45) is 0 Å². The predicted molar refractivity (Wildman–Crippen MR) is 113 cm³/mol. The summed E-state index contributed by atoms with van der Waals surface area (Å²) in [5.74, 6) is -0.779. The van der Waals surface area contributed by atoms with Crippen molar-refractivity contribution < 1.29 is 30.5 Å². The van der Waals surface area contributed by atoms with E-state index in [2.05, 4.69) is 9.28 Å². The molecule has 8 nitrogen and oxygen atoms in total. The van der Waals surface area contributed by atoms with E-state index in [1.165, 1.54) is 15.4 Å². The molecule has 0 amide bonds. The summed E-state index contributed by atoms with van der Waals surface area (Å²) in [6.07, 6.45) is 3.34. The number of aryl methyl sites for hydroxylation is 2. The summed E-state index contributed by atoms with van der Waals surface area (Å²) >= 11 is 0. The lowest BCUT2D eigenvalue weighted by molar-refractivity contribution is -0.0500. The van der Waals surface area contributed by atoms with Crippen molar-refractivity contribution in [1.82, 2.24) is 14.3 Å². The zero-order chi connectivity index (χ0) is 24.0. The number of alkyl halides is 3. The summed E-state index contributed by atoms with van der Waals surface area (Å²) in [4.78, 5) is 12.9. The molecule has 1 unspecified atom stereocenters. The van der Waals surface area contributed by atoms with E-state index >= 15 is 0 Å². The van der Waals surface area contributed by atoms with Gasteiger partial charge in [-0.3, -0.25) is 4.79 Å². The van der Waals surface area contributed by atoms with Crippen LogP contribution in [0.1, 0.15) is 42.2 Å². The Balaban J connectivity index is 1.85. The van der Waals surface area contributed by atoms with Crippen molar-refractivity contribution in [1.29, 1.82) is 0 Å². The molecular formula is C21H22F3N3O5S. The lowest BCUT2D eigenvalue weighted by atomic mass is 10.1. The van der Waals surface area contributed by atoms with Gasteiger partial charge in [-0.15, -0.1) is 0 Å². The van der Waals surface area contributed by atoms with Crippen LogP contribution in [0.5, 0.6) is 5.75 Å². The van der Waals surface area contributed by atoms with Gasteiger partial charge in [0.15, 0.2) is 11.3 Å². The third-order valence-corrected chi connectivity index (χ3v) is 6.57. The fraction of sp³-hybridized carbons (Fsp3) is 0.429. The normalized spacial score (nSPS) is 17.4. The average Bonchev–Trinajstić information content (AvgIpc) is 3.19. The summed E-state index contributed by atoms with van der Waals surface area (Å²) in [5, 5.41) is 4.25. The van der Waals surface area contributed by atoms with Crippen LogP contribution in [0.4, 0.5) is 13.2 Å². The molecular weight excluding hydrogens is 463 g/mol. The number of ether oxygens (including phenoxy) is 1. The molecule has 1 aliphatic rings. The van der Waals surface area contributed by atoms with Crippen molar-refractivity contribution in [3.63, 3.8) is 0 Å². The van der Waals surface area contributed by atoms with E-state index in [4.69, 9.17) is 4.74 Å². The lowest BCUT2D eigenvalue weighted by Gasteiger charge is -2.22. The Hall–Kier alpha value is -2.86. The van der Waals surface area contributed by atoms with E-state index in [0.29, 0.717) is 19.1 Å². The molecule has 0 radical (unpaired) electrons. The molecule has 1 aromatic carbocycles. The second kappa shape index (κ2) is 8.49. The van der Waals surface area contributed by atoms with Gasteiger partial charge in [0.25, 0.3) is 5.56 Å². The highest BCUT2D eigenvalue weighted by molar-refractivity contribution is 7.88. The molecule has 0 N–H and O–H groups in total. The molecule has 0 spiro atoms. The third kappa shape index (κ3) is 4.62. The third-order valence-electron chi connectivity index (χ3n) is 5.60. The Morgan fingerprint density at radius 1 is 1.18 bits per heavy atom. The average molecular weight is 485 g/mol. The first-order valence-electron chi connectivity index (χ1n) is 10.3. The van der Waals surface area contributed by atoms with E-state index in [1.807, 2.05) is 32.0 Å². The number of benzene rings is 1. The number of halogens is 3. The smallest absolute Gasteiger partial charge is 0.373 e. The standard InChI is InChI=1S/C21H22F3N3O5S/c1-13-6-7-15(9-14(13)2)11-26-16-12-27(19-5-3-4-8-31-19)25-20(16)17(10-18(26)28)32-33(29,30)21(22,23)24/h6-7,9-10,12,19H,3-5,8,11H2,1-2H3. The van der Waals surface area contributed by atoms with Gasteiger partial charge in [-0.1, -0.05) is 18.2 Å². The van der Waals surface area contributed by atoms with Gasteiger partial charge in [0.05, 0.1) is 18.3 Å². The van der Waals surface area contributed by atoms with E-state index in [1.54, 1.807) is 0 Å². The maximum atomic E-state index is 12.9. The second-order valence-corrected chi connectivity index (χ2v) is 9.54. The van der Waals surface area contributed by atoms with Crippen molar-refractivity contribution >= 4 is 21.2 Å². The highest BCUT2D eigenvalue weighted by Gasteiger charge is 2.49. The van der Waals surface area contributed by atoms with Gasteiger partial charge >= 0.3 is 15.6 Å². The van der Waals surface area contributed by atoms with E-state index in [-0.39, 0.29) is 17.6 Å². The number of rotatable bonds is 5. The van der Waals surface area contributed by atoms with Crippen molar-refractivity contribution in [3.05, 3.63) is 57.5 Å². The number of fused-ring (bicyclic) bond motifs is 1. The Labute approximate surface area is 187 Å². The maximum Gasteiger partial charge on any atom is 0.534 e. The molecule has 12 heteroatoms. The zero-order valence-corrected chi connectivity index (χ0v) is 18.7. The minimum Gasteiger partial charge on any atom is -0.373 e. The van der Waals surface area contributed by atoms with E-state index in [0.717, 1.165) is 29.5 Å². The lowest BCUT2D eigenvalue weighted by Crippen LogP contribution is -2.29. The highest BCUT2D eigenvalue weighted by Crippen LogP contribution is 2.32. The number of nitrogens with zero attached hydrogens (tertiary/aromatic N) is 3. The van der Waals surface area contributed by atoms with Gasteiger partial charge in [0.1, 0.15) is 6.23 Å². The number of aromatic nitrogens is 3. The molecule has 1 aliphatic heterocycles. The monoisotopic (exact) mass is 485 g/mol. The Morgan fingerprint density at radius 2 is 1.94 bits per heavy atom. The van der Waals surface area contributed by atoms with E-state index < -0.39 is 33.2 Å². The Kier molecular flexibility index (Phi) is 5.99. The topological polar surface area (TPSA) is 92.4 Å². The Morgan fingerprint density at radius 3 is 2.58 bits per heavy atom. The van der Waals surface area contributed by atoms with Gasteiger partial charge < -0.3 is 13.5 Å². The minimum atomic E-state index is -5.99. The Bertz CT molecular complexity index is 1360. The molecule has 0 aliphatic carbocycles. The van der Waals surface area contributed by atoms with Crippen LogP contribution < -0.4 is 9.74 Å². The van der Waals surface area contributed by atoms with Crippen molar-refractivity contribution in [2.45, 2.75) is 51.4 Å². The summed E-state index contributed by atoms with van der Waals surface area (Å²) < 4.78 is 74.7. The van der Waals surface area contributed by atoms with Crippen LogP contribution >= 0.6 is 0 Å². The summed E-state index contributed by atoms with van der Waals surface area (Å²) in [6.45, 7) is 4.47. The molecule has 178 valence electrons. The molecule has 3 heterocycles. The molecule has 1 saturated heterocycles.